The Labute approximate surface area is 124 Å². The summed E-state index contributed by atoms with van der Waals surface area (Å²) >= 11 is 5.79. The predicted molar refractivity (Wildman–Crippen MR) is 79.2 cm³/mol. The summed E-state index contributed by atoms with van der Waals surface area (Å²) in [5.41, 5.74) is 0.254. The van der Waals surface area contributed by atoms with Crippen molar-refractivity contribution in [2.45, 2.75) is 25.2 Å². The standard InChI is InChI=1S/C13H19ClN2O3S/c1-4-9(2)8-16(3)13(17)10-5-6-11(14)12(7-10)20(15,18)19/h5-7,9H,4,8H2,1-3H3,(H2,15,18,19). The number of hydrogen-bond acceptors (Lipinski definition) is 3. The maximum Gasteiger partial charge on any atom is 0.253 e. The van der Waals surface area contributed by atoms with Crippen molar-refractivity contribution >= 4 is 27.5 Å². The second kappa shape index (κ2) is 6.56. The Hall–Kier alpha value is -1.11. The highest BCUT2D eigenvalue weighted by molar-refractivity contribution is 7.89. The minimum atomic E-state index is -3.95. The lowest BCUT2D eigenvalue weighted by Crippen LogP contribution is -2.31. The van der Waals surface area contributed by atoms with Crippen LogP contribution in [0.2, 0.25) is 5.02 Å². The first kappa shape index (κ1) is 16.9. The topological polar surface area (TPSA) is 80.5 Å². The van der Waals surface area contributed by atoms with E-state index in [-0.39, 0.29) is 21.4 Å². The van der Waals surface area contributed by atoms with Crippen LogP contribution in [0.4, 0.5) is 0 Å². The Morgan fingerprint density at radius 3 is 2.55 bits per heavy atom. The lowest BCUT2D eigenvalue weighted by molar-refractivity contribution is 0.0774. The maximum absolute atomic E-state index is 12.2. The van der Waals surface area contributed by atoms with E-state index in [9.17, 15) is 13.2 Å². The summed E-state index contributed by atoms with van der Waals surface area (Å²) in [5, 5.41) is 5.08. The summed E-state index contributed by atoms with van der Waals surface area (Å²) < 4.78 is 22.8. The van der Waals surface area contributed by atoms with Crippen molar-refractivity contribution < 1.29 is 13.2 Å². The fourth-order valence-corrected chi connectivity index (χ4v) is 2.83. The van der Waals surface area contributed by atoms with Gasteiger partial charge in [0.2, 0.25) is 10.0 Å². The van der Waals surface area contributed by atoms with E-state index in [1.54, 1.807) is 11.9 Å². The molecule has 0 aromatic heterocycles. The number of sulfonamides is 1. The van der Waals surface area contributed by atoms with Gasteiger partial charge in [-0.2, -0.15) is 0 Å². The minimum Gasteiger partial charge on any atom is -0.341 e. The fraction of sp³-hybridized carbons (Fsp3) is 0.462. The van der Waals surface area contributed by atoms with Gasteiger partial charge in [-0.15, -0.1) is 0 Å². The highest BCUT2D eigenvalue weighted by Crippen LogP contribution is 2.22. The smallest absolute Gasteiger partial charge is 0.253 e. The molecule has 0 bridgehead atoms. The van der Waals surface area contributed by atoms with Gasteiger partial charge in [-0.05, 0) is 24.1 Å². The van der Waals surface area contributed by atoms with E-state index in [1.807, 2.05) is 13.8 Å². The quantitative estimate of drug-likeness (QED) is 0.902. The summed E-state index contributed by atoms with van der Waals surface area (Å²) in [6.07, 6.45) is 0.959. The first-order valence-electron chi connectivity index (χ1n) is 6.24. The van der Waals surface area contributed by atoms with Crippen molar-refractivity contribution in [3.63, 3.8) is 0 Å². The number of benzene rings is 1. The summed E-state index contributed by atoms with van der Waals surface area (Å²) in [7, 11) is -2.27. The van der Waals surface area contributed by atoms with Gasteiger partial charge in [0, 0.05) is 19.2 Å². The predicted octanol–water partition coefficient (Wildman–Crippen LogP) is 2.11. The van der Waals surface area contributed by atoms with Crippen LogP contribution in [0.1, 0.15) is 30.6 Å². The van der Waals surface area contributed by atoms with E-state index >= 15 is 0 Å². The number of carbonyl (C=O) groups excluding carboxylic acids is 1. The maximum atomic E-state index is 12.2. The van der Waals surface area contributed by atoms with Crippen LogP contribution in [-0.4, -0.2) is 32.8 Å². The van der Waals surface area contributed by atoms with Crippen molar-refractivity contribution in [2.24, 2.45) is 11.1 Å². The van der Waals surface area contributed by atoms with E-state index in [0.717, 1.165) is 6.42 Å². The van der Waals surface area contributed by atoms with E-state index in [4.69, 9.17) is 16.7 Å². The molecule has 0 heterocycles. The number of nitrogens with two attached hydrogens (primary N) is 1. The summed E-state index contributed by atoms with van der Waals surface area (Å²) in [5.74, 6) is 0.112. The molecule has 0 aliphatic rings. The highest BCUT2D eigenvalue weighted by Gasteiger charge is 2.19. The molecule has 7 heteroatoms. The first-order valence-corrected chi connectivity index (χ1v) is 8.17. The molecule has 0 saturated heterocycles. The first-order chi connectivity index (χ1) is 9.16. The molecular formula is C13H19ClN2O3S. The van der Waals surface area contributed by atoms with Gasteiger partial charge >= 0.3 is 0 Å². The molecule has 1 rings (SSSR count). The molecular weight excluding hydrogens is 300 g/mol. The summed E-state index contributed by atoms with van der Waals surface area (Å²) in [4.78, 5) is 13.6. The third-order valence-corrected chi connectivity index (χ3v) is 4.51. The molecule has 112 valence electrons. The molecule has 0 aliphatic heterocycles. The fourth-order valence-electron chi connectivity index (χ4n) is 1.75. The number of nitrogens with zero attached hydrogens (tertiary/aromatic N) is 1. The molecule has 0 aliphatic carbocycles. The summed E-state index contributed by atoms with van der Waals surface area (Å²) in [6.45, 7) is 4.69. The second-order valence-corrected chi connectivity index (χ2v) is 6.83. The monoisotopic (exact) mass is 318 g/mol. The Bertz CT molecular complexity index is 602. The van der Waals surface area contributed by atoms with Crippen molar-refractivity contribution in [1.29, 1.82) is 0 Å². The average Bonchev–Trinajstić information content (AvgIpc) is 2.36. The molecule has 0 fully saturated rings. The van der Waals surface area contributed by atoms with Crippen LogP contribution in [0.5, 0.6) is 0 Å². The Balaban J connectivity index is 3.06. The van der Waals surface area contributed by atoms with Crippen molar-refractivity contribution in [1.82, 2.24) is 4.90 Å². The number of hydrogen-bond donors (Lipinski definition) is 1. The zero-order chi connectivity index (χ0) is 15.5. The summed E-state index contributed by atoms with van der Waals surface area (Å²) in [6, 6.07) is 4.07. The number of primary sulfonamides is 1. The van der Waals surface area contributed by atoms with Crippen LogP contribution >= 0.6 is 11.6 Å². The van der Waals surface area contributed by atoms with E-state index < -0.39 is 10.0 Å². The zero-order valence-electron chi connectivity index (χ0n) is 11.8. The Morgan fingerprint density at radius 2 is 2.05 bits per heavy atom. The molecule has 1 atom stereocenters. The Kier molecular flexibility index (Phi) is 5.56. The van der Waals surface area contributed by atoms with E-state index in [2.05, 4.69) is 0 Å². The Morgan fingerprint density at radius 1 is 1.45 bits per heavy atom. The zero-order valence-corrected chi connectivity index (χ0v) is 13.3. The number of rotatable bonds is 5. The van der Waals surface area contributed by atoms with Crippen molar-refractivity contribution in [2.75, 3.05) is 13.6 Å². The van der Waals surface area contributed by atoms with Crippen LogP contribution in [0.25, 0.3) is 0 Å². The number of carbonyl (C=O) groups is 1. The molecule has 0 radical (unpaired) electrons. The molecule has 1 aromatic rings. The third-order valence-electron chi connectivity index (χ3n) is 3.11. The van der Waals surface area contributed by atoms with Crippen LogP contribution in [0.3, 0.4) is 0 Å². The number of amides is 1. The minimum absolute atomic E-state index is 0.00799. The molecule has 0 spiro atoms. The van der Waals surface area contributed by atoms with Crippen LogP contribution in [0, 0.1) is 5.92 Å². The molecule has 0 saturated carbocycles. The van der Waals surface area contributed by atoms with Gasteiger partial charge in [-0.25, -0.2) is 13.6 Å². The lowest BCUT2D eigenvalue weighted by Gasteiger charge is -2.21. The van der Waals surface area contributed by atoms with Gasteiger partial charge in [-0.1, -0.05) is 31.9 Å². The van der Waals surface area contributed by atoms with Gasteiger partial charge in [0.1, 0.15) is 4.90 Å². The second-order valence-electron chi connectivity index (χ2n) is 4.89. The molecule has 1 amide bonds. The largest absolute Gasteiger partial charge is 0.341 e. The van der Waals surface area contributed by atoms with Crippen molar-refractivity contribution in [3.8, 4) is 0 Å². The van der Waals surface area contributed by atoms with Gasteiger partial charge in [-0.3, -0.25) is 4.79 Å². The lowest BCUT2D eigenvalue weighted by atomic mass is 10.1. The van der Waals surface area contributed by atoms with E-state index in [0.29, 0.717) is 12.5 Å². The third kappa shape index (κ3) is 4.19. The van der Waals surface area contributed by atoms with Gasteiger partial charge in [0.25, 0.3) is 5.91 Å². The molecule has 1 aromatic carbocycles. The SMILES string of the molecule is CCC(C)CN(C)C(=O)c1ccc(Cl)c(S(N)(=O)=O)c1. The van der Waals surface area contributed by atoms with Crippen molar-refractivity contribution in [3.05, 3.63) is 28.8 Å². The van der Waals surface area contributed by atoms with Crippen LogP contribution in [0.15, 0.2) is 23.1 Å². The van der Waals surface area contributed by atoms with Gasteiger partial charge < -0.3 is 4.90 Å². The van der Waals surface area contributed by atoms with Crippen LogP contribution < -0.4 is 5.14 Å². The van der Waals surface area contributed by atoms with Gasteiger partial charge in [0.15, 0.2) is 0 Å². The normalized spacial score (nSPS) is 13.1. The van der Waals surface area contributed by atoms with Crippen LogP contribution in [-0.2, 0) is 10.0 Å². The highest BCUT2D eigenvalue weighted by atomic mass is 35.5. The average molecular weight is 319 g/mol. The molecule has 5 nitrogen and oxygen atoms in total. The van der Waals surface area contributed by atoms with Gasteiger partial charge in [0.05, 0.1) is 5.02 Å². The number of halogens is 1. The molecule has 1 unspecified atom stereocenters. The molecule has 2 N–H and O–H groups in total. The molecule has 20 heavy (non-hydrogen) atoms. The van der Waals surface area contributed by atoms with E-state index in [1.165, 1.54) is 18.2 Å².